The number of phenolic OH excluding ortho intramolecular Hbond substituents is 3. The number of aromatic hydroxyl groups is 3. The average molecular weight is 278 g/mol. The fraction of sp³-hybridized carbons (Fsp3) is 0.286. The van der Waals surface area contributed by atoms with Gasteiger partial charge in [0.05, 0.1) is 0 Å². The Morgan fingerprint density at radius 2 is 1.58 bits per heavy atom. The summed E-state index contributed by atoms with van der Waals surface area (Å²) in [6, 6.07) is 5.38. The molecule has 4 nitrogen and oxygen atoms in total. The molecular formula is C14H18O4Si. The molecule has 0 saturated heterocycles. The van der Waals surface area contributed by atoms with Crippen molar-refractivity contribution < 1.29 is 20.1 Å². The summed E-state index contributed by atoms with van der Waals surface area (Å²) < 4.78 is 0. The lowest BCUT2D eigenvalue weighted by atomic mass is 9.83. The molecule has 102 valence electrons. The molecule has 0 heterocycles. The summed E-state index contributed by atoms with van der Waals surface area (Å²) in [6.45, 7) is 6.06. The molecule has 2 aromatic rings. The summed E-state index contributed by atoms with van der Waals surface area (Å²) in [5, 5.41) is 31.1. The van der Waals surface area contributed by atoms with Gasteiger partial charge in [0.1, 0.15) is 0 Å². The van der Waals surface area contributed by atoms with Crippen molar-refractivity contribution in [2.45, 2.75) is 26.2 Å². The van der Waals surface area contributed by atoms with Crippen molar-refractivity contribution in [3.63, 3.8) is 0 Å². The van der Waals surface area contributed by atoms with Crippen LogP contribution in [0.2, 0.25) is 0 Å². The van der Waals surface area contributed by atoms with Crippen molar-refractivity contribution in [1.29, 1.82) is 0 Å². The molecule has 19 heavy (non-hydrogen) atoms. The zero-order valence-corrected chi connectivity index (χ0v) is 12.6. The molecule has 0 unspecified atom stereocenters. The molecule has 0 aliphatic heterocycles. The van der Waals surface area contributed by atoms with Gasteiger partial charge in [-0.25, -0.2) is 0 Å². The Morgan fingerprint density at radius 1 is 0.947 bits per heavy atom. The van der Waals surface area contributed by atoms with Gasteiger partial charge in [0.15, 0.2) is 21.3 Å². The highest BCUT2D eigenvalue weighted by atomic mass is 28.2. The molecule has 0 aliphatic carbocycles. The van der Waals surface area contributed by atoms with E-state index in [-0.39, 0.29) is 11.2 Å². The van der Waals surface area contributed by atoms with Crippen LogP contribution in [0.1, 0.15) is 26.3 Å². The number of rotatable bonds is 1. The predicted octanol–water partition coefficient (Wildman–Crippen LogP) is 0.956. The van der Waals surface area contributed by atoms with Gasteiger partial charge in [-0.3, -0.25) is 0 Å². The molecule has 2 aromatic carbocycles. The average Bonchev–Trinajstić information content (AvgIpc) is 2.35. The molecule has 0 amide bonds. The van der Waals surface area contributed by atoms with Crippen molar-refractivity contribution in [3.05, 3.63) is 23.8 Å². The lowest BCUT2D eigenvalue weighted by molar-refractivity contribution is 0.373. The largest absolute Gasteiger partial charge is 0.504 e. The molecular weight excluding hydrogens is 260 g/mol. The van der Waals surface area contributed by atoms with E-state index < -0.39 is 21.3 Å². The van der Waals surface area contributed by atoms with Crippen molar-refractivity contribution in [3.8, 4) is 17.2 Å². The van der Waals surface area contributed by atoms with E-state index in [0.717, 1.165) is 5.56 Å². The SMILES string of the molecule is CC(C)(C)c1cccc2c(O)c(O)c(O)c([SiH2]O)c12. The van der Waals surface area contributed by atoms with Crippen LogP contribution in [0.3, 0.4) is 0 Å². The van der Waals surface area contributed by atoms with Crippen molar-refractivity contribution >= 4 is 25.7 Å². The van der Waals surface area contributed by atoms with Gasteiger partial charge in [0.25, 0.3) is 0 Å². The summed E-state index contributed by atoms with van der Waals surface area (Å²) in [5.41, 5.74) is 0.723. The quantitative estimate of drug-likeness (QED) is 0.462. The van der Waals surface area contributed by atoms with Crippen LogP contribution in [0, 0.1) is 0 Å². The first-order chi connectivity index (χ1) is 8.79. The Kier molecular flexibility index (Phi) is 3.20. The van der Waals surface area contributed by atoms with Crippen LogP contribution in [-0.2, 0) is 5.41 Å². The zero-order valence-electron chi connectivity index (χ0n) is 11.2. The van der Waals surface area contributed by atoms with Gasteiger partial charge in [0, 0.05) is 10.6 Å². The minimum absolute atomic E-state index is 0.201. The second kappa shape index (κ2) is 4.43. The first-order valence-corrected chi connectivity index (χ1v) is 7.42. The number of fused-ring (bicyclic) bond motifs is 1. The van der Waals surface area contributed by atoms with E-state index in [2.05, 4.69) is 0 Å². The minimum atomic E-state index is -1.70. The Balaban J connectivity index is 3.04. The Hall–Kier alpha value is -1.72. The van der Waals surface area contributed by atoms with Crippen LogP contribution in [0.5, 0.6) is 17.2 Å². The second-order valence-corrected chi connectivity index (χ2v) is 6.68. The molecule has 0 fully saturated rings. The number of hydrogen-bond donors (Lipinski definition) is 4. The van der Waals surface area contributed by atoms with E-state index in [9.17, 15) is 20.1 Å². The Labute approximate surface area is 113 Å². The molecule has 4 N–H and O–H groups in total. The Morgan fingerprint density at radius 3 is 2.11 bits per heavy atom. The summed E-state index contributed by atoms with van der Waals surface area (Å²) in [4.78, 5) is 9.61. The molecule has 0 aliphatic rings. The van der Waals surface area contributed by atoms with Gasteiger partial charge in [-0.2, -0.15) is 0 Å². The predicted molar refractivity (Wildman–Crippen MR) is 78.0 cm³/mol. The molecule has 0 atom stereocenters. The smallest absolute Gasteiger partial charge is 0.200 e. The molecule has 2 rings (SSSR count). The molecule has 0 aromatic heterocycles. The van der Waals surface area contributed by atoms with E-state index in [1.807, 2.05) is 26.8 Å². The third-order valence-electron chi connectivity index (χ3n) is 3.32. The standard InChI is InChI=1S/C14H18O4Si/c1-14(2,3)8-6-4-5-7-9(8)13(19-18)12(17)11(16)10(7)15/h4-6,15-18H,19H2,1-3H3. The van der Waals surface area contributed by atoms with Crippen LogP contribution in [-0.4, -0.2) is 29.9 Å². The fourth-order valence-corrected chi connectivity index (χ4v) is 3.21. The summed E-state index contributed by atoms with van der Waals surface area (Å²) >= 11 is 0. The van der Waals surface area contributed by atoms with E-state index >= 15 is 0 Å². The third kappa shape index (κ3) is 2.05. The maximum atomic E-state index is 9.97. The monoisotopic (exact) mass is 278 g/mol. The van der Waals surface area contributed by atoms with E-state index in [1.54, 1.807) is 12.1 Å². The van der Waals surface area contributed by atoms with Gasteiger partial charge in [-0.05, 0) is 16.4 Å². The van der Waals surface area contributed by atoms with Crippen LogP contribution in [0.4, 0.5) is 0 Å². The normalized spacial score (nSPS) is 12.6. The lowest BCUT2D eigenvalue weighted by Gasteiger charge is -2.23. The van der Waals surface area contributed by atoms with Crippen molar-refractivity contribution in [2.24, 2.45) is 0 Å². The van der Waals surface area contributed by atoms with Gasteiger partial charge in [0.2, 0.25) is 5.75 Å². The topological polar surface area (TPSA) is 80.9 Å². The highest BCUT2D eigenvalue weighted by Gasteiger charge is 2.24. The van der Waals surface area contributed by atoms with Crippen LogP contribution in [0.25, 0.3) is 10.8 Å². The molecule has 0 radical (unpaired) electrons. The fourth-order valence-electron chi connectivity index (χ4n) is 2.35. The number of hydrogen-bond acceptors (Lipinski definition) is 4. The van der Waals surface area contributed by atoms with E-state index in [4.69, 9.17) is 0 Å². The minimum Gasteiger partial charge on any atom is -0.504 e. The highest BCUT2D eigenvalue weighted by Crippen LogP contribution is 2.42. The third-order valence-corrected chi connectivity index (χ3v) is 4.33. The first-order valence-electron chi connectivity index (χ1n) is 6.08. The zero-order chi connectivity index (χ0) is 14.4. The molecule has 5 heteroatoms. The first kappa shape index (κ1) is 13.7. The highest BCUT2D eigenvalue weighted by molar-refractivity contribution is 6.52. The van der Waals surface area contributed by atoms with Crippen LogP contribution in [0.15, 0.2) is 18.2 Å². The summed E-state index contributed by atoms with van der Waals surface area (Å²) in [6.07, 6.45) is 0. The van der Waals surface area contributed by atoms with Crippen LogP contribution >= 0.6 is 0 Å². The van der Waals surface area contributed by atoms with Gasteiger partial charge in [-0.1, -0.05) is 39.0 Å². The molecule has 0 bridgehead atoms. The van der Waals surface area contributed by atoms with Crippen molar-refractivity contribution in [2.75, 3.05) is 0 Å². The van der Waals surface area contributed by atoms with E-state index in [0.29, 0.717) is 16.0 Å². The van der Waals surface area contributed by atoms with Gasteiger partial charge < -0.3 is 20.1 Å². The molecule has 0 spiro atoms. The Bertz CT molecular complexity index is 644. The second-order valence-electron chi connectivity index (χ2n) is 5.66. The summed E-state index contributed by atoms with van der Waals surface area (Å²) in [7, 11) is -1.70. The maximum absolute atomic E-state index is 9.97. The van der Waals surface area contributed by atoms with E-state index in [1.165, 1.54) is 0 Å². The summed E-state index contributed by atoms with van der Waals surface area (Å²) in [5.74, 6) is -1.31. The van der Waals surface area contributed by atoms with Crippen molar-refractivity contribution in [1.82, 2.24) is 0 Å². The van der Waals surface area contributed by atoms with Gasteiger partial charge >= 0.3 is 0 Å². The maximum Gasteiger partial charge on any atom is 0.200 e. The van der Waals surface area contributed by atoms with Crippen LogP contribution < -0.4 is 5.19 Å². The number of benzene rings is 2. The van der Waals surface area contributed by atoms with Gasteiger partial charge in [-0.15, -0.1) is 0 Å². The molecule has 0 saturated carbocycles. The lowest BCUT2D eigenvalue weighted by Crippen LogP contribution is -2.21. The number of phenols is 3.